The van der Waals surface area contributed by atoms with Gasteiger partial charge in [-0.2, -0.15) is 4.98 Å². The zero-order valence-electron chi connectivity index (χ0n) is 13.2. The van der Waals surface area contributed by atoms with Gasteiger partial charge in [0, 0.05) is 11.5 Å². The summed E-state index contributed by atoms with van der Waals surface area (Å²) in [5, 5.41) is 9.10. The van der Waals surface area contributed by atoms with Crippen molar-refractivity contribution in [3.63, 3.8) is 0 Å². The van der Waals surface area contributed by atoms with Gasteiger partial charge in [0.15, 0.2) is 0 Å². The number of hydrogen-bond acceptors (Lipinski definition) is 5. The number of rotatable bonds is 4. The lowest BCUT2D eigenvalue weighted by Gasteiger charge is -2.02. The summed E-state index contributed by atoms with van der Waals surface area (Å²) >= 11 is 12.8. The van der Waals surface area contributed by atoms with E-state index in [-0.39, 0.29) is 16.7 Å². The maximum Gasteiger partial charge on any atom is 0.238 e. The molecule has 3 aromatic rings. The molecule has 6 nitrogen and oxygen atoms in total. The minimum absolute atomic E-state index is 0.0253. The van der Waals surface area contributed by atoms with E-state index in [1.807, 2.05) is 30.3 Å². The second-order valence-corrected chi connectivity index (χ2v) is 9.07. The minimum Gasteiger partial charge on any atom is -0.339 e. The molecule has 1 fully saturated rings. The molecule has 134 valence electrons. The molecule has 9 heteroatoms. The fourth-order valence-electron chi connectivity index (χ4n) is 2.98. The lowest BCUT2D eigenvalue weighted by Crippen LogP contribution is -2.11. The van der Waals surface area contributed by atoms with E-state index >= 15 is 0 Å². The Kier molecular flexibility index (Phi) is 4.07. The summed E-state index contributed by atoms with van der Waals surface area (Å²) in [4.78, 5) is 4.43. The average molecular weight is 410 g/mol. The highest BCUT2D eigenvalue weighted by Crippen LogP contribution is 2.69. The summed E-state index contributed by atoms with van der Waals surface area (Å²) in [6.07, 6.45) is 0. The largest absolute Gasteiger partial charge is 0.339 e. The van der Waals surface area contributed by atoms with Crippen molar-refractivity contribution in [2.75, 3.05) is 0 Å². The van der Waals surface area contributed by atoms with E-state index in [1.165, 1.54) is 12.1 Å². The quantitative estimate of drug-likeness (QED) is 0.665. The molecular weight excluding hydrogens is 397 g/mol. The van der Waals surface area contributed by atoms with Crippen LogP contribution < -0.4 is 5.14 Å². The highest BCUT2D eigenvalue weighted by atomic mass is 35.5. The van der Waals surface area contributed by atoms with E-state index in [0.717, 1.165) is 11.1 Å². The molecule has 1 saturated carbocycles. The molecule has 0 bridgehead atoms. The Balaban J connectivity index is 1.62. The number of nitrogens with two attached hydrogens (primary N) is 1. The van der Waals surface area contributed by atoms with Crippen LogP contribution in [0, 0.1) is 0 Å². The molecule has 1 heterocycles. The Morgan fingerprint density at radius 2 is 1.65 bits per heavy atom. The van der Waals surface area contributed by atoms with E-state index in [1.54, 1.807) is 12.1 Å². The Morgan fingerprint density at radius 1 is 1.00 bits per heavy atom. The maximum atomic E-state index is 11.4. The first kappa shape index (κ1) is 17.5. The third kappa shape index (κ3) is 3.01. The molecule has 2 aromatic carbocycles. The smallest absolute Gasteiger partial charge is 0.238 e. The lowest BCUT2D eigenvalue weighted by molar-refractivity contribution is 0.378. The number of primary sulfonamides is 1. The van der Waals surface area contributed by atoms with Gasteiger partial charge in [-0.05, 0) is 17.7 Å². The summed E-state index contributed by atoms with van der Waals surface area (Å²) in [5.74, 6) is 0.134. The second-order valence-electron chi connectivity index (χ2n) is 6.07. The number of aromatic nitrogens is 2. The summed E-state index contributed by atoms with van der Waals surface area (Å²) in [5.41, 5.74) is 1.60. The average Bonchev–Trinajstić information content (AvgIpc) is 2.95. The van der Waals surface area contributed by atoms with Crippen molar-refractivity contribution in [3.05, 3.63) is 66.1 Å². The standard InChI is InChI=1S/C17H13Cl2N3O3S/c18-17(19)13(10-6-8-12(9-7-10)26(20,23)24)14(17)16-21-15(22-25-16)11-4-2-1-3-5-11/h1-9,13-14H,(H2,20,23,24). The molecule has 26 heavy (non-hydrogen) atoms. The molecule has 0 aliphatic heterocycles. The highest BCUT2D eigenvalue weighted by Gasteiger charge is 2.67. The number of nitrogens with zero attached hydrogens (tertiary/aromatic N) is 2. The van der Waals surface area contributed by atoms with Crippen LogP contribution in [0.15, 0.2) is 64.0 Å². The van der Waals surface area contributed by atoms with Gasteiger partial charge >= 0.3 is 0 Å². The number of alkyl halides is 2. The topological polar surface area (TPSA) is 99.1 Å². The Morgan fingerprint density at radius 3 is 2.27 bits per heavy atom. The van der Waals surface area contributed by atoms with E-state index in [9.17, 15) is 8.42 Å². The summed E-state index contributed by atoms with van der Waals surface area (Å²) in [6, 6.07) is 15.5. The minimum atomic E-state index is -3.75. The van der Waals surface area contributed by atoms with Crippen LogP contribution in [0.25, 0.3) is 11.4 Å². The molecular formula is C17H13Cl2N3O3S. The number of benzene rings is 2. The van der Waals surface area contributed by atoms with Crippen LogP contribution in [-0.2, 0) is 10.0 Å². The molecule has 1 aliphatic carbocycles. The third-order valence-electron chi connectivity index (χ3n) is 4.36. The van der Waals surface area contributed by atoms with Crippen molar-refractivity contribution < 1.29 is 12.9 Å². The summed E-state index contributed by atoms with van der Waals surface area (Å²) in [7, 11) is -3.75. The first-order valence-corrected chi connectivity index (χ1v) is 9.98. The zero-order chi connectivity index (χ0) is 18.5. The van der Waals surface area contributed by atoms with E-state index < -0.39 is 14.4 Å². The number of halogens is 2. The van der Waals surface area contributed by atoms with Crippen LogP contribution in [0.5, 0.6) is 0 Å². The Labute approximate surface area is 160 Å². The van der Waals surface area contributed by atoms with Crippen molar-refractivity contribution in [2.45, 2.75) is 21.1 Å². The van der Waals surface area contributed by atoms with Gasteiger partial charge in [0.05, 0.1) is 10.8 Å². The van der Waals surface area contributed by atoms with Gasteiger partial charge < -0.3 is 4.52 Å². The lowest BCUT2D eigenvalue weighted by atomic mass is 10.1. The molecule has 1 aliphatic rings. The number of sulfonamides is 1. The number of hydrogen-bond donors (Lipinski definition) is 1. The fraction of sp³-hybridized carbons (Fsp3) is 0.176. The van der Waals surface area contributed by atoms with Crippen LogP contribution in [0.2, 0.25) is 0 Å². The van der Waals surface area contributed by atoms with Crippen LogP contribution in [0.4, 0.5) is 0 Å². The summed E-state index contributed by atoms with van der Waals surface area (Å²) in [6.45, 7) is 0. The van der Waals surface area contributed by atoms with Gasteiger partial charge in [0.2, 0.25) is 21.7 Å². The van der Waals surface area contributed by atoms with Gasteiger partial charge in [0.25, 0.3) is 0 Å². The van der Waals surface area contributed by atoms with Gasteiger partial charge in [-0.1, -0.05) is 47.6 Å². The molecule has 2 unspecified atom stereocenters. The molecule has 2 N–H and O–H groups in total. The second kappa shape index (κ2) is 6.06. The Bertz CT molecular complexity index is 1050. The van der Waals surface area contributed by atoms with Gasteiger partial charge in [0.1, 0.15) is 4.33 Å². The highest BCUT2D eigenvalue weighted by molar-refractivity contribution is 7.89. The first-order valence-electron chi connectivity index (χ1n) is 7.68. The first-order chi connectivity index (χ1) is 12.3. The molecule has 0 amide bonds. The molecule has 1 aromatic heterocycles. The molecule has 0 radical (unpaired) electrons. The predicted molar refractivity (Wildman–Crippen MR) is 97.5 cm³/mol. The van der Waals surface area contributed by atoms with Gasteiger partial charge in [-0.3, -0.25) is 0 Å². The zero-order valence-corrected chi connectivity index (χ0v) is 15.5. The van der Waals surface area contributed by atoms with E-state index in [2.05, 4.69) is 10.1 Å². The summed E-state index contributed by atoms with van der Waals surface area (Å²) < 4.78 is 27.0. The SMILES string of the molecule is NS(=O)(=O)c1ccc(C2C(c3nc(-c4ccccc4)no3)C2(Cl)Cl)cc1. The van der Waals surface area contributed by atoms with Crippen LogP contribution in [0.1, 0.15) is 23.3 Å². The molecule has 4 rings (SSSR count). The predicted octanol–water partition coefficient (Wildman–Crippen LogP) is 3.44. The van der Waals surface area contributed by atoms with Gasteiger partial charge in [-0.15, -0.1) is 23.2 Å². The van der Waals surface area contributed by atoms with Crippen molar-refractivity contribution >= 4 is 33.2 Å². The van der Waals surface area contributed by atoms with Crippen LogP contribution in [0.3, 0.4) is 0 Å². The van der Waals surface area contributed by atoms with Crippen molar-refractivity contribution in [1.29, 1.82) is 0 Å². The Hall–Kier alpha value is -1.93. The third-order valence-corrected chi connectivity index (χ3v) is 6.23. The molecule has 0 saturated heterocycles. The molecule has 0 spiro atoms. The van der Waals surface area contributed by atoms with Crippen molar-refractivity contribution in [3.8, 4) is 11.4 Å². The van der Waals surface area contributed by atoms with Crippen molar-refractivity contribution in [2.24, 2.45) is 5.14 Å². The monoisotopic (exact) mass is 409 g/mol. The van der Waals surface area contributed by atoms with E-state index in [0.29, 0.717) is 11.7 Å². The molecule has 2 atom stereocenters. The van der Waals surface area contributed by atoms with Crippen LogP contribution >= 0.6 is 23.2 Å². The van der Waals surface area contributed by atoms with Gasteiger partial charge in [-0.25, -0.2) is 13.6 Å². The van der Waals surface area contributed by atoms with Crippen LogP contribution in [-0.4, -0.2) is 22.9 Å². The maximum absolute atomic E-state index is 11.4. The van der Waals surface area contributed by atoms with E-state index in [4.69, 9.17) is 32.9 Å². The van der Waals surface area contributed by atoms with Crippen molar-refractivity contribution in [1.82, 2.24) is 10.1 Å². The normalized spacial score (nSPS) is 21.5. The fourth-order valence-corrected chi connectivity index (χ4v) is 4.31.